The SMILES string of the molecule is CCCOc1cccc(C2C(=C(O)c3ccc(F)cc3)C(=O)C(=O)N2CCc2ccccc2)c1. The Balaban J connectivity index is 1.77. The van der Waals surface area contributed by atoms with Gasteiger partial charge in [0.1, 0.15) is 17.3 Å². The maximum absolute atomic E-state index is 13.4. The van der Waals surface area contributed by atoms with E-state index in [9.17, 15) is 19.1 Å². The van der Waals surface area contributed by atoms with Gasteiger partial charge in [0.15, 0.2) is 0 Å². The Morgan fingerprint density at radius 3 is 2.44 bits per heavy atom. The highest BCUT2D eigenvalue weighted by Crippen LogP contribution is 2.40. The minimum Gasteiger partial charge on any atom is -0.507 e. The minimum absolute atomic E-state index is 0.0164. The smallest absolute Gasteiger partial charge is 0.295 e. The second kappa shape index (κ2) is 10.3. The Bertz CT molecular complexity index is 1200. The molecular weight excluding hydrogens is 433 g/mol. The highest BCUT2D eigenvalue weighted by molar-refractivity contribution is 6.46. The summed E-state index contributed by atoms with van der Waals surface area (Å²) in [5.41, 5.74) is 1.94. The Morgan fingerprint density at radius 1 is 1.00 bits per heavy atom. The molecule has 1 N–H and O–H groups in total. The molecule has 1 saturated heterocycles. The summed E-state index contributed by atoms with van der Waals surface area (Å²) in [4.78, 5) is 27.7. The molecule has 5 nitrogen and oxygen atoms in total. The molecule has 1 aliphatic rings. The number of ketones is 1. The number of nitrogens with zero attached hydrogens (tertiary/aromatic N) is 1. The summed E-state index contributed by atoms with van der Waals surface area (Å²) in [5, 5.41) is 11.1. The van der Waals surface area contributed by atoms with E-state index in [0.29, 0.717) is 30.9 Å². The molecule has 0 spiro atoms. The Hall–Kier alpha value is -3.93. The Kier molecular flexibility index (Phi) is 7.07. The van der Waals surface area contributed by atoms with Gasteiger partial charge in [-0.2, -0.15) is 0 Å². The van der Waals surface area contributed by atoms with Crippen molar-refractivity contribution >= 4 is 17.4 Å². The fraction of sp³-hybridized carbons (Fsp3) is 0.214. The van der Waals surface area contributed by atoms with Crippen LogP contribution in [0.5, 0.6) is 5.75 Å². The first-order chi connectivity index (χ1) is 16.5. The average molecular weight is 460 g/mol. The summed E-state index contributed by atoms with van der Waals surface area (Å²) in [6, 6.07) is 21.3. The van der Waals surface area contributed by atoms with Crippen molar-refractivity contribution in [2.24, 2.45) is 0 Å². The quantitative estimate of drug-likeness (QED) is 0.283. The lowest BCUT2D eigenvalue weighted by molar-refractivity contribution is -0.139. The number of Topliss-reactive ketones (excluding diaryl/α,β-unsaturated/α-hetero) is 1. The molecule has 34 heavy (non-hydrogen) atoms. The number of hydrogen-bond acceptors (Lipinski definition) is 4. The monoisotopic (exact) mass is 459 g/mol. The predicted octanol–water partition coefficient (Wildman–Crippen LogP) is 5.28. The molecule has 0 bridgehead atoms. The number of benzene rings is 3. The van der Waals surface area contributed by atoms with E-state index in [1.807, 2.05) is 49.4 Å². The number of aliphatic hydroxyl groups excluding tert-OH is 1. The Morgan fingerprint density at radius 2 is 1.74 bits per heavy atom. The van der Waals surface area contributed by atoms with Gasteiger partial charge in [-0.15, -0.1) is 0 Å². The third-order valence-corrected chi connectivity index (χ3v) is 5.79. The molecule has 1 aliphatic heterocycles. The lowest BCUT2D eigenvalue weighted by Gasteiger charge is -2.26. The van der Waals surface area contributed by atoms with Gasteiger partial charge in [-0.1, -0.05) is 49.4 Å². The average Bonchev–Trinajstić information content (AvgIpc) is 3.12. The molecule has 1 atom stereocenters. The molecule has 1 amide bonds. The van der Waals surface area contributed by atoms with E-state index in [0.717, 1.165) is 12.0 Å². The van der Waals surface area contributed by atoms with Crippen LogP contribution in [0.2, 0.25) is 0 Å². The van der Waals surface area contributed by atoms with Gasteiger partial charge in [-0.25, -0.2) is 4.39 Å². The van der Waals surface area contributed by atoms with Crippen LogP contribution in [0.1, 0.15) is 36.1 Å². The lowest BCUT2D eigenvalue weighted by Crippen LogP contribution is -2.31. The molecule has 3 aromatic carbocycles. The summed E-state index contributed by atoms with van der Waals surface area (Å²) in [6.07, 6.45) is 1.39. The van der Waals surface area contributed by atoms with Crippen LogP contribution in [0.4, 0.5) is 4.39 Å². The predicted molar refractivity (Wildman–Crippen MR) is 128 cm³/mol. The van der Waals surface area contributed by atoms with Gasteiger partial charge in [-0.05, 0) is 60.4 Å². The number of halogens is 1. The van der Waals surface area contributed by atoms with Crippen LogP contribution in [-0.4, -0.2) is 34.8 Å². The molecule has 0 aromatic heterocycles. The fourth-order valence-corrected chi connectivity index (χ4v) is 4.11. The molecule has 6 heteroatoms. The fourth-order valence-electron chi connectivity index (χ4n) is 4.11. The number of carbonyl (C=O) groups is 2. The minimum atomic E-state index is -0.793. The summed E-state index contributed by atoms with van der Waals surface area (Å²) < 4.78 is 19.2. The third kappa shape index (κ3) is 4.86. The van der Waals surface area contributed by atoms with Crippen molar-refractivity contribution < 1.29 is 23.8 Å². The van der Waals surface area contributed by atoms with E-state index in [1.165, 1.54) is 29.2 Å². The maximum atomic E-state index is 13.4. The van der Waals surface area contributed by atoms with Gasteiger partial charge < -0.3 is 14.7 Å². The van der Waals surface area contributed by atoms with Gasteiger partial charge in [0.05, 0.1) is 18.2 Å². The van der Waals surface area contributed by atoms with Crippen molar-refractivity contribution in [1.29, 1.82) is 0 Å². The molecule has 0 radical (unpaired) electrons. The van der Waals surface area contributed by atoms with Crippen LogP contribution in [0, 0.1) is 5.82 Å². The van der Waals surface area contributed by atoms with E-state index >= 15 is 0 Å². The number of ether oxygens (including phenoxy) is 1. The summed E-state index contributed by atoms with van der Waals surface area (Å²) in [7, 11) is 0. The lowest BCUT2D eigenvalue weighted by atomic mass is 9.95. The molecule has 1 fully saturated rings. The van der Waals surface area contributed by atoms with E-state index in [-0.39, 0.29) is 16.9 Å². The second-order valence-electron chi connectivity index (χ2n) is 8.16. The van der Waals surface area contributed by atoms with E-state index in [4.69, 9.17) is 4.74 Å². The number of amides is 1. The van der Waals surface area contributed by atoms with Gasteiger partial charge in [0.2, 0.25) is 0 Å². The van der Waals surface area contributed by atoms with Crippen LogP contribution in [-0.2, 0) is 16.0 Å². The van der Waals surface area contributed by atoms with Crippen molar-refractivity contribution in [1.82, 2.24) is 4.90 Å². The molecule has 4 rings (SSSR count). The third-order valence-electron chi connectivity index (χ3n) is 5.79. The molecule has 1 unspecified atom stereocenters. The van der Waals surface area contributed by atoms with Gasteiger partial charge >= 0.3 is 0 Å². The molecule has 0 aliphatic carbocycles. The number of rotatable bonds is 8. The number of hydrogen-bond donors (Lipinski definition) is 1. The molecule has 3 aromatic rings. The van der Waals surface area contributed by atoms with Crippen molar-refractivity contribution in [3.63, 3.8) is 0 Å². The number of aliphatic hydroxyl groups is 1. The summed E-state index contributed by atoms with van der Waals surface area (Å²) in [5.74, 6) is -1.61. The van der Waals surface area contributed by atoms with Gasteiger partial charge in [0.25, 0.3) is 11.7 Å². The van der Waals surface area contributed by atoms with Crippen molar-refractivity contribution in [2.75, 3.05) is 13.2 Å². The van der Waals surface area contributed by atoms with Crippen LogP contribution < -0.4 is 4.74 Å². The van der Waals surface area contributed by atoms with Gasteiger partial charge in [0, 0.05) is 12.1 Å². The molecule has 0 saturated carbocycles. The normalized spacial score (nSPS) is 17.2. The zero-order valence-electron chi connectivity index (χ0n) is 18.9. The van der Waals surface area contributed by atoms with Crippen LogP contribution in [0.3, 0.4) is 0 Å². The zero-order valence-corrected chi connectivity index (χ0v) is 18.9. The first kappa shape index (κ1) is 23.2. The molecular formula is C28H26FNO4. The first-order valence-corrected chi connectivity index (χ1v) is 11.3. The zero-order chi connectivity index (χ0) is 24.1. The van der Waals surface area contributed by atoms with E-state index in [1.54, 1.807) is 12.1 Å². The van der Waals surface area contributed by atoms with Crippen molar-refractivity contribution in [3.8, 4) is 5.75 Å². The van der Waals surface area contributed by atoms with Crippen LogP contribution in [0.25, 0.3) is 5.76 Å². The highest BCUT2D eigenvalue weighted by Gasteiger charge is 2.45. The second-order valence-corrected chi connectivity index (χ2v) is 8.16. The van der Waals surface area contributed by atoms with Gasteiger partial charge in [-0.3, -0.25) is 9.59 Å². The standard InChI is InChI=1S/C28H26FNO4/c1-2-17-34-23-10-6-9-21(18-23)25-24(26(31)20-11-13-22(29)14-12-20)27(32)28(33)30(25)16-15-19-7-4-3-5-8-19/h3-14,18,25,31H,2,15-17H2,1H3. The van der Waals surface area contributed by atoms with Crippen molar-refractivity contribution in [3.05, 3.63) is 107 Å². The first-order valence-electron chi connectivity index (χ1n) is 11.3. The highest BCUT2D eigenvalue weighted by atomic mass is 19.1. The number of carbonyl (C=O) groups excluding carboxylic acids is 2. The Labute approximate surface area is 198 Å². The topological polar surface area (TPSA) is 66.8 Å². The van der Waals surface area contributed by atoms with Crippen molar-refractivity contribution in [2.45, 2.75) is 25.8 Å². The summed E-state index contributed by atoms with van der Waals surface area (Å²) >= 11 is 0. The molecule has 1 heterocycles. The van der Waals surface area contributed by atoms with Crippen LogP contribution in [0.15, 0.2) is 84.4 Å². The molecule has 174 valence electrons. The van der Waals surface area contributed by atoms with E-state index in [2.05, 4.69) is 0 Å². The number of likely N-dealkylation sites (tertiary alicyclic amines) is 1. The summed E-state index contributed by atoms with van der Waals surface area (Å²) in [6.45, 7) is 2.83. The largest absolute Gasteiger partial charge is 0.507 e. The van der Waals surface area contributed by atoms with Crippen LogP contribution >= 0.6 is 0 Å². The maximum Gasteiger partial charge on any atom is 0.295 e. The van der Waals surface area contributed by atoms with E-state index < -0.39 is 23.5 Å².